The first-order valence-corrected chi connectivity index (χ1v) is 12.2. The van der Waals surface area contributed by atoms with Gasteiger partial charge >= 0.3 is 0 Å². The molecule has 3 aromatic rings. The van der Waals surface area contributed by atoms with Crippen molar-refractivity contribution in [1.82, 2.24) is 14.8 Å². The maximum absolute atomic E-state index is 12.5. The van der Waals surface area contributed by atoms with Crippen LogP contribution in [0.4, 0.5) is 5.69 Å². The third kappa shape index (κ3) is 5.66. The van der Waals surface area contributed by atoms with Gasteiger partial charge in [0, 0.05) is 12.1 Å². The number of ether oxygens (including phenoxy) is 1. The summed E-state index contributed by atoms with van der Waals surface area (Å²) in [6.07, 6.45) is 6.74. The number of carbonyl (C=O) groups excluding carboxylic acids is 2. The standard InChI is InChI=1S/C25H27N5O3S/c1-2-15-30-24(17-11-13-19(14-12-17)33-18-7-3-4-8-18)28-29-25(30)34-16-22(31)27-21-10-6-5-9-20(21)23(26)32/h2,5-6,9-14,18H,1,3-4,7-8,15-16H2,(H2,26,32)(H,27,31). The van der Waals surface area contributed by atoms with E-state index in [4.69, 9.17) is 10.5 Å². The quantitative estimate of drug-likeness (QED) is 0.333. The fourth-order valence-electron chi connectivity index (χ4n) is 3.91. The number of amides is 2. The van der Waals surface area contributed by atoms with Crippen molar-refractivity contribution in [3.63, 3.8) is 0 Å². The summed E-state index contributed by atoms with van der Waals surface area (Å²) in [4.78, 5) is 24.1. The molecular formula is C25H27N5O3S. The van der Waals surface area contributed by atoms with Crippen LogP contribution in [0.2, 0.25) is 0 Å². The molecule has 4 rings (SSSR count). The van der Waals surface area contributed by atoms with E-state index in [1.54, 1.807) is 30.3 Å². The number of hydrogen-bond donors (Lipinski definition) is 2. The number of allylic oxidation sites excluding steroid dienone is 1. The highest BCUT2D eigenvalue weighted by Crippen LogP contribution is 2.28. The third-order valence-electron chi connectivity index (χ3n) is 5.54. The zero-order chi connectivity index (χ0) is 23.9. The molecule has 0 atom stereocenters. The average Bonchev–Trinajstić information content (AvgIpc) is 3.49. The highest BCUT2D eigenvalue weighted by molar-refractivity contribution is 7.99. The smallest absolute Gasteiger partial charge is 0.250 e. The molecule has 2 aromatic carbocycles. The zero-order valence-electron chi connectivity index (χ0n) is 18.8. The number of anilines is 1. The Morgan fingerprint density at radius 2 is 1.88 bits per heavy atom. The lowest BCUT2D eigenvalue weighted by molar-refractivity contribution is -0.113. The largest absolute Gasteiger partial charge is 0.490 e. The van der Waals surface area contributed by atoms with E-state index in [1.165, 1.54) is 24.6 Å². The Labute approximate surface area is 202 Å². The SMILES string of the molecule is C=CCn1c(SCC(=O)Nc2ccccc2C(N)=O)nnc1-c1ccc(OC2CCCC2)cc1. The van der Waals surface area contributed by atoms with Crippen LogP contribution < -0.4 is 15.8 Å². The lowest BCUT2D eigenvalue weighted by atomic mass is 10.1. The minimum absolute atomic E-state index is 0.0938. The Morgan fingerprint density at radius 1 is 1.15 bits per heavy atom. The van der Waals surface area contributed by atoms with Gasteiger partial charge in [-0.25, -0.2) is 0 Å². The second-order valence-electron chi connectivity index (χ2n) is 8.00. The molecule has 0 bridgehead atoms. The fraction of sp³-hybridized carbons (Fsp3) is 0.280. The van der Waals surface area contributed by atoms with Crippen molar-refractivity contribution < 1.29 is 14.3 Å². The Morgan fingerprint density at radius 3 is 2.59 bits per heavy atom. The molecule has 1 aromatic heterocycles. The monoisotopic (exact) mass is 477 g/mol. The molecule has 3 N–H and O–H groups in total. The van der Waals surface area contributed by atoms with Crippen molar-refractivity contribution in [3.05, 3.63) is 66.7 Å². The number of aromatic nitrogens is 3. The first kappa shape index (κ1) is 23.6. The molecule has 1 aliphatic carbocycles. The molecule has 1 aliphatic rings. The van der Waals surface area contributed by atoms with E-state index in [-0.39, 0.29) is 17.2 Å². The zero-order valence-corrected chi connectivity index (χ0v) is 19.6. The molecule has 0 saturated heterocycles. The van der Waals surface area contributed by atoms with Gasteiger partial charge in [-0.2, -0.15) is 0 Å². The first-order chi connectivity index (χ1) is 16.5. The van der Waals surface area contributed by atoms with Crippen molar-refractivity contribution >= 4 is 29.3 Å². The predicted molar refractivity (Wildman–Crippen MR) is 133 cm³/mol. The van der Waals surface area contributed by atoms with E-state index < -0.39 is 5.91 Å². The Hall–Kier alpha value is -3.59. The van der Waals surface area contributed by atoms with E-state index in [9.17, 15) is 9.59 Å². The van der Waals surface area contributed by atoms with E-state index in [0.29, 0.717) is 29.3 Å². The Balaban J connectivity index is 1.43. The van der Waals surface area contributed by atoms with E-state index in [1.807, 2.05) is 28.8 Å². The second kappa shape index (κ2) is 11.0. The van der Waals surface area contributed by atoms with Gasteiger partial charge in [0.1, 0.15) is 5.75 Å². The molecule has 8 nitrogen and oxygen atoms in total. The van der Waals surface area contributed by atoms with Gasteiger partial charge < -0.3 is 15.8 Å². The molecule has 0 unspecified atom stereocenters. The van der Waals surface area contributed by atoms with Crippen LogP contribution >= 0.6 is 11.8 Å². The Kier molecular flexibility index (Phi) is 7.64. The summed E-state index contributed by atoms with van der Waals surface area (Å²) in [6.45, 7) is 4.33. The maximum Gasteiger partial charge on any atom is 0.250 e. The molecular weight excluding hydrogens is 450 g/mol. The molecule has 1 saturated carbocycles. The number of thioether (sulfide) groups is 1. The lowest BCUT2D eigenvalue weighted by Gasteiger charge is -2.13. The van der Waals surface area contributed by atoms with Gasteiger partial charge in [0.25, 0.3) is 5.91 Å². The number of nitrogens with zero attached hydrogens (tertiary/aromatic N) is 3. The van der Waals surface area contributed by atoms with Crippen molar-refractivity contribution in [2.75, 3.05) is 11.1 Å². The summed E-state index contributed by atoms with van der Waals surface area (Å²) in [7, 11) is 0. The number of para-hydroxylation sites is 1. The van der Waals surface area contributed by atoms with Gasteiger partial charge in [0.05, 0.1) is 23.1 Å². The number of benzene rings is 2. The van der Waals surface area contributed by atoms with E-state index in [0.717, 1.165) is 24.2 Å². The number of primary amides is 1. The predicted octanol–water partition coefficient (Wildman–Crippen LogP) is 4.28. The normalized spacial score (nSPS) is 13.5. The average molecular weight is 478 g/mol. The minimum atomic E-state index is -0.599. The van der Waals surface area contributed by atoms with Crippen LogP contribution in [0.3, 0.4) is 0 Å². The highest BCUT2D eigenvalue weighted by atomic mass is 32.2. The molecule has 34 heavy (non-hydrogen) atoms. The van der Waals surface area contributed by atoms with Gasteiger partial charge in [-0.1, -0.05) is 30.0 Å². The summed E-state index contributed by atoms with van der Waals surface area (Å²) in [5.41, 5.74) is 6.93. The number of carbonyl (C=O) groups is 2. The number of rotatable bonds is 10. The summed E-state index contributed by atoms with van der Waals surface area (Å²) >= 11 is 1.26. The number of hydrogen-bond acceptors (Lipinski definition) is 6. The molecule has 9 heteroatoms. The topological polar surface area (TPSA) is 112 Å². The molecule has 0 radical (unpaired) electrons. The number of nitrogens with two attached hydrogens (primary N) is 1. The molecule has 176 valence electrons. The van der Waals surface area contributed by atoms with Crippen molar-refractivity contribution in [2.45, 2.75) is 43.5 Å². The summed E-state index contributed by atoms with van der Waals surface area (Å²) in [6, 6.07) is 14.5. The molecule has 2 amide bonds. The minimum Gasteiger partial charge on any atom is -0.490 e. The van der Waals surface area contributed by atoms with Crippen LogP contribution in [0.15, 0.2) is 66.3 Å². The number of nitrogens with one attached hydrogen (secondary N) is 1. The van der Waals surface area contributed by atoms with E-state index in [2.05, 4.69) is 22.1 Å². The van der Waals surface area contributed by atoms with Gasteiger partial charge in [0.15, 0.2) is 11.0 Å². The molecule has 1 fully saturated rings. The fourth-order valence-corrected chi connectivity index (χ4v) is 4.66. The van der Waals surface area contributed by atoms with Gasteiger partial charge in [0.2, 0.25) is 5.91 Å². The van der Waals surface area contributed by atoms with Crippen LogP contribution in [0.25, 0.3) is 11.4 Å². The van der Waals surface area contributed by atoms with Crippen molar-refractivity contribution in [2.24, 2.45) is 5.73 Å². The summed E-state index contributed by atoms with van der Waals surface area (Å²) in [5.74, 6) is 0.763. The molecule has 0 aliphatic heterocycles. The maximum atomic E-state index is 12.5. The third-order valence-corrected chi connectivity index (χ3v) is 6.51. The van der Waals surface area contributed by atoms with Crippen LogP contribution in [0.1, 0.15) is 36.0 Å². The van der Waals surface area contributed by atoms with E-state index >= 15 is 0 Å². The van der Waals surface area contributed by atoms with Gasteiger partial charge in [-0.3, -0.25) is 14.2 Å². The van der Waals surface area contributed by atoms with Crippen LogP contribution in [0, 0.1) is 0 Å². The van der Waals surface area contributed by atoms with Gasteiger partial charge in [-0.15, -0.1) is 16.8 Å². The van der Waals surface area contributed by atoms with Crippen LogP contribution in [0.5, 0.6) is 5.75 Å². The second-order valence-corrected chi connectivity index (χ2v) is 8.94. The van der Waals surface area contributed by atoms with Crippen molar-refractivity contribution in [3.8, 4) is 17.1 Å². The summed E-state index contributed by atoms with van der Waals surface area (Å²) in [5, 5.41) is 12.0. The Bertz CT molecular complexity index is 1170. The van der Waals surface area contributed by atoms with Crippen LogP contribution in [-0.2, 0) is 11.3 Å². The molecule has 0 spiro atoms. The first-order valence-electron chi connectivity index (χ1n) is 11.2. The lowest BCUT2D eigenvalue weighted by Crippen LogP contribution is -2.19. The highest BCUT2D eigenvalue weighted by Gasteiger charge is 2.18. The van der Waals surface area contributed by atoms with Gasteiger partial charge in [-0.05, 0) is 62.1 Å². The van der Waals surface area contributed by atoms with Crippen molar-refractivity contribution in [1.29, 1.82) is 0 Å². The molecule has 1 heterocycles. The van der Waals surface area contributed by atoms with Crippen LogP contribution in [-0.4, -0.2) is 38.4 Å². The summed E-state index contributed by atoms with van der Waals surface area (Å²) < 4.78 is 7.96.